The Morgan fingerprint density at radius 3 is 1.61 bits per heavy atom. The van der Waals surface area contributed by atoms with Crippen molar-refractivity contribution in [2.24, 2.45) is 0 Å². The van der Waals surface area contributed by atoms with Crippen LogP contribution in [0, 0.1) is 0 Å². The molecule has 13 rings (SSSR count). The van der Waals surface area contributed by atoms with Crippen LogP contribution in [-0.2, 0) is 5.41 Å². The first-order valence-corrected chi connectivity index (χ1v) is 24.8. The van der Waals surface area contributed by atoms with E-state index in [2.05, 4.69) is 204 Å². The minimum absolute atomic E-state index is 0.288. The van der Waals surface area contributed by atoms with Crippen molar-refractivity contribution in [3.63, 3.8) is 0 Å². The van der Waals surface area contributed by atoms with Gasteiger partial charge in [0.2, 0.25) is 0 Å². The zero-order chi connectivity index (χ0) is 43.9. The second-order valence-electron chi connectivity index (χ2n) is 20.2. The number of aromatic nitrogens is 1. The maximum absolute atomic E-state index is 2.68. The fraction of sp³-hybridized carbons (Fsp3) is 0.238. The van der Waals surface area contributed by atoms with Crippen LogP contribution in [0.1, 0.15) is 112 Å². The van der Waals surface area contributed by atoms with E-state index in [0.717, 1.165) is 0 Å². The van der Waals surface area contributed by atoms with E-state index >= 15 is 0 Å². The lowest BCUT2D eigenvalue weighted by Gasteiger charge is -2.30. The van der Waals surface area contributed by atoms with Crippen molar-refractivity contribution < 1.29 is 0 Å². The molecule has 0 radical (unpaired) electrons. The normalized spacial score (nSPS) is 16.3. The highest BCUT2D eigenvalue weighted by Gasteiger charge is 2.42. The second kappa shape index (κ2) is 15.7. The molecule has 10 aromatic rings. The molecule has 0 amide bonds. The van der Waals surface area contributed by atoms with Gasteiger partial charge in [0.25, 0.3) is 0 Å². The van der Waals surface area contributed by atoms with E-state index in [1.165, 1.54) is 170 Å². The summed E-state index contributed by atoms with van der Waals surface area (Å²) < 4.78 is 2.68. The van der Waals surface area contributed by atoms with Crippen molar-refractivity contribution in [1.82, 2.24) is 4.40 Å². The number of rotatable bonds is 8. The molecule has 2 aromatic heterocycles. The highest BCUT2D eigenvalue weighted by Crippen LogP contribution is 2.57. The number of hydrogen-bond donors (Lipinski definition) is 0. The average Bonchev–Trinajstić information content (AvgIpc) is 3.98. The molecule has 3 nitrogen and oxygen atoms in total. The average molecular weight is 856 g/mol. The molecular weight excluding hydrogens is 799 g/mol. The summed E-state index contributed by atoms with van der Waals surface area (Å²) in [6, 6.07) is 67.0. The van der Waals surface area contributed by atoms with Crippen molar-refractivity contribution in [2.75, 3.05) is 9.80 Å². The van der Waals surface area contributed by atoms with Gasteiger partial charge >= 0.3 is 0 Å². The summed E-state index contributed by atoms with van der Waals surface area (Å²) in [6.45, 7) is 4.93. The molecule has 0 atom stereocenters. The van der Waals surface area contributed by atoms with Crippen LogP contribution < -0.4 is 9.80 Å². The molecule has 324 valence electrons. The van der Waals surface area contributed by atoms with E-state index in [4.69, 9.17) is 0 Å². The van der Waals surface area contributed by atoms with Gasteiger partial charge < -0.3 is 14.2 Å². The molecule has 0 unspecified atom stereocenters. The van der Waals surface area contributed by atoms with Crippen LogP contribution in [0.4, 0.5) is 34.1 Å². The van der Waals surface area contributed by atoms with Crippen LogP contribution in [0.25, 0.3) is 49.1 Å². The third kappa shape index (κ3) is 6.15. The number of hydrogen-bond acceptors (Lipinski definition) is 2. The predicted octanol–water partition coefficient (Wildman–Crippen LogP) is 18.2. The third-order valence-corrected chi connectivity index (χ3v) is 16.0. The Hall–Kier alpha value is -6.84. The van der Waals surface area contributed by atoms with Crippen molar-refractivity contribution in [3.05, 3.63) is 198 Å². The van der Waals surface area contributed by atoms with Gasteiger partial charge in [-0.25, -0.2) is 0 Å². The molecule has 2 fully saturated rings. The molecule has 0 saturated heterocycles. The standard InChI is InChI=1S/C63H57N3/c1-63(2)56-40-50(64(46-26-11-5-12-27-46)48-30-17-24-44(38-48)42-20-7-3-8-21-42)36-37-53(56)60-55-35-19-34-54-59-52-33-16-15-32-51(52)57(41-58(59)66(61(54)55)62(60)63)65(47-28-13-6-14-29-47)49-31-18-25-45(39-49)43-22-9-4-10-23-43/h5-6,11-19,24-43H,3-4,7-10,20-23H2,1-2H3. The number of benzene rings is 8. The maximum atomic E-state index is 2.68. The maximum Gasteiger partial charge on any atom is 0.0618 e. The van der Waals surface area contributed by atoms with Crippen molar-refractivity contribution >= 4 is 72.1 Å². The summed E-state index contributed by atoms with van der Waals surface area (Å²) in [6.07, 6.45) is 13.2. The fourth-order valence-electron chi connectivity index (χ4n) is 12.9. The van der Waals surface area contributed by atoms with Crippen LogP contribution in [0.2, 0.25) is 0 Å². The molecule has 0 aliphatic heterocycles. The molecule has 2 heterocycles. The summed E-state index contributed by atoms with van der Waals surface area (Å²) >= 11 is 0. The Balaban J connectivity index is 1.01. The molecule has 66 heavy (non-hydrogen) atoms. The number of nitrogens with zero attached hydrogens (tertiary/aromatic N) is 3. The number of fused-ring (bicyclic) bond motifs is 10. The summed E-state index contributed by atoms with van der Waals surface area (Å²) in [5.74, 6) is 1.26. The summed E-state index contributed by atoms with van der Waals surface area (Å²) in [7, 11) is 0. The minimum Gasteiger partial charge on any atom is -0.311 e. The van der Waals surface area contributed by atoms with Crippen LogP contribution in [0.15, 0.2) is 176 Å². The molecule has 8 aromatic carbocycles. The summed E-state index contributed by atoms with van der Waals surface area (Å²) in [4.78, 5) is 5.02. The molecule has 3 aliphatic rings. The third-order valence-electron chi connectivity index (χ3n) is 16.0. The predicted molar refractivity (Wildman–Crippen MR) is 280 cm³/mol. The number of anilines is 6. The van der Waals surface area contributed by atoms with Gasteiger partial charge in [-0.15, -0.1) is 0 Å². The van der Waals surface area contributed by atoms with Crippen molar-refractivity contribution in [1.29, 1.82) is 0 Å². The van der Waals surface area contributed by atoms with Gasteiger partial charge in [0.1, 0.15) is 0 Å². The minimum atomic E-state index is -0.288. The highest BCUT2D eigenvalue weighted by molar-refractivity contribution is 6.28. The smallest absolute Gasteiger partial charge is 0.0618 e. The van der Waals surface area contributed by atoms with Crippen LogP contribution in [-0.4, -0.2) is 4.40 Å². The quantitative estimate of drug-likeness (QED) is 0.151. The summed E-state index contributed by atoms with van der Waals surface area (Å²) in [5.41, 5.74) is 18.0. The Labute approximate surface area is 389 Å². The van der Waals surface area contributed by atoms with E-state index in [1.54, 1.807) is 0 Å². The molecule has 0 bridgehead atoms. The fourth-order valence-corrected chi connectivity index (χ4v) is 12.9. The van der Waals surface area contributed by atoms with Gasteiger partial charge in [0.15, 0.2) is 0 Å². The Kier molecular flexibility index (Phi) is 9.38. The van der Waals surface area contributed by atoms with Crippen molar-refractivity contribution in [2.45, 2.75) is 95.3 Å². The zero-order valence-electron chi connectivity index (χ0n) is 38.3. The van der Waals surface area contributed by atoms with Crippen LogP contribution in [0.3, 0.4) is 0 Å². The molecule has 0 spiro atoms. The first kappa shape index (κ1) is 39.5. The lowest BCUT2D eigenvalue weighted by Crippen LogP contribution is -2.19. The Bertz CT molecular complexity index is 3420. The molecule has 0 N–H and O–H groups in total. The van der Waals surface area contributed by atoms with Gasteiger partial charge in [0, 0.05) is 66.7 Å². The van der Waals surface area contributed by atoms with E-state index in [9.17, 15) is 0 Å². The van der Waals surface area contributed by atoms with Gasteiger partial charge in [-0.1, -0.05) is 162 Å². The first-order valence-electron chi connectivity index (χ1n) is 24.8. The highest BCUT2D eigenvalue weighted by atomic mass is 15.2. The Morgan fingerprint density at radius 1 is 0.439 bits per heavy atom. The SMILES string of the molecule is CC1(C)c2cc(N(c3ccccc3)c3cccc(C4CCCCC4)c3)ccc2-c2c1n1c3cc(N(c4ccccc4)c4cccc(C5CCCCC5)c4)c4ccccc4c3c3cccc2c31. The van der Waals surface area contributed by atoms with Crippen molar-refractivity contribution in [3.8, 4) is 11.1 Å². The summed E-state index contributed by atoms with van der Waals surface area (Å²) in [5, 5.41) is 6.56. The van der Waals surface area contributed by atoms with Gasteiger partial charge in [-0.3, -0.25) is 0 Å². The van der Waals surface area contributed by atoms with Gasteiger partial charge in [-0.05, 0) is 132 Å². The van der Waals surface area contributed by atoms with Crippen LogP contribution >= 0.6 is 0 Å². The van der Waals surface area contributed by atoms with E-state index in [-0.39, 0.29) is 5.41 Å². The zero-order valence-corrected chi connectivity index (χ0v) is 38.3. The molecular formula is C63H57N3. The second-order valence-corrected chi connectivity index (χ2v) is 20.2. The van der Waals surface area contributed by atoms with E-state index in [1.807, 2.05) is 0 Å². The van der Waals surface area contributed by atoms with E-state index in [0.29, 0.717) is 11.8 Å². The molecule has 3 aliphatic carbocycles. The largest absolute Gasteiger partial charge is 0.311 e. The van der Waals surface area contributed by atoms with Gasteiger partial charge in [-0.2, -0.15) is 0 Å². The lowest BCUT2D eigenvalue weighted by molar-refractivity contribution is 0.443. The lowest BCUT2D eigenvalue weighted by atomic mass is 9.84. The molecule has 3 heteroatoms. The Morgan fingerprint density at radius 2 is 0.955 bits per heavy atom. The number of para-hydroxylation sites is 3. The molecule has 2 saturated carbocycles. The van der Waals surface area contributed by atoms with Crippen LogP contribution in [0.5, 0.6) is 0 Å². The monoisotopic (exact) mass is 855 g/mol. The van der Waals surface area contributed by atoms with E-state index < -0.39 is 0 Å². The van der Waals surface area contributed by atoms with Gasteiger partial charge in [0.05, 0.1) is 16.7 Å². The topological polar surface area (TPSA) is 10.9 Å². The first-order chi connectivity index (χ1) is 32.5.